The van der Waals surface area contributed by atoms with Gasteiger partial charge in [0.1, 0.15) is 6.61 Å². The molecule has 0 spiro atoms. The van der Waals surface area contributed by atoms with E-state index in [1.54, 1.807) is 0 Å². The Morgan fingerprint density at radius 3 is 2.90 bits per heavy atom. The van der Waals surface area contributed by atoms with E-state index in [4.69, 9.17) is 5.11 Å². The summed E-state index contributed by atoms with van der Waals surface area (Å²) in [5, 5.41) is 8.78. The van der Waals surface area contributed by atoms with Crippen LogP contribution in [0.2, 0.25) is 0 Å². The number of benzene rings is 1. The summed E-state index contributed by atoms with van der Waals surface area (Å²) < 4.78 is 0. The number of aryl methyl sites for hydroxylation is 1. The molecule has 1 N–H and O–H groups in total. The van der Waals surface area contributed by atoms with E-state index in [-0.39, 0.29) is 12.5 Å². The Balaban J connectivity index is 2.30. The summed E-state index contributed by atoms with van der Waals surface area (Å²) in [5.74, 6) is 6.09. The number of carbonyl (C=O) groups is 1. The van der Waals surface area contributed by atoms with Gasteiger partial charge in [0.05, 0.1) is 0 Å². The van der Waals surface area contributed by atoms with Gasteiger partial charge in [-0.1, -0.05) is 31.8 Å². The van der Waals surface area contributed by atoms with E-state index in [1.807, 2.05) is 30.0 Å². The summed E-state index contributed by atoms with van der Waals surface area (Å²) in [6.07, 6.45) is 2.17. The van der Waals surface area contributed by atoms with Gasteiger partial charge in [-0.15, -0.1) is 0 Å². The Morgan fingerprint density at radius 1 is 1.48 bits per heavy atom. The average molecular weight is 285 g/mol. The minimum atomic E-state index is -0.168. The maximum Gasteiger partial charge on any atom is 0.254 e. The van der Waals surface area contributed by atoms with Gasteiger partial charge >= 0.3 is 0 Å². The molecule has 1 atom stereocenters. The maximum atomic E-state index is 12.8. The summed E-state index contributed by atoms with van der Waals surface area (Å²) in [4.78, 5) is 14.8. The first kappa shape index (κ1) is 15.6. The number of carbonyl (C=O) groups excluding carboxylic acids is 1. The van der Waals surface area contributed by atoms with Crippen molar-refractivity contribution in [2.75, 3.05) is 13.2 Å². The summed E-state index contributed by atoms with van der Waals surface area (Å²) in [6, 6.07) is 5.99. The molecule has 1 aromatic carbocycles. The molecule has 3 heteroatoms. The molecule has 1 aliphatic rings. The van der Waals surface area contributed by atoms with Gasteiger partial charge in [0.15, 0.2) is 0 Å². The predicted octanol–water partition coefficient (Wildman–Crippen LogP) is 2.60. The summed E-state index contributed by atoms with van der Waals surface area (Å²) in [6.45, 7) is 6.97. The molecule has 2 rings (SSSR count). The van der Waals surface area contributed by atoms with Crippen molar-refractivity contribution in [3.05, 3.63) is 34.9 Å². The first-order valence-electron chi connectivity index (χ1n) is 7.56. The van der Waals surface area contributed by atoms with Crippen molar-refractivity contribution in [1.29, 1.82) is 0 Å². The van der Waals surface area contributed by atoms with Crippen molar-refractivity contribution in [2.45, 2.75) is 39.7 Å². The molecule has 1 saturated heterocycles. The third-order valence-corrected chi connectivity index (χ3v) is 4.11. The van der Waals surface area contributed by atoms with Crippen LogP contribution in [-0.2, 0) is 0 Å². The number of amides is 1. The molecule has 1 aromatic rings. The SMILES string of the molecule is Cc1ccc(C#CCO)cc1C(=O)N1CCCC1C(C)C. The number of aliphatic hydroxyl groups excluding tert-OH is 1. The smallest absolute Gasteiger partial charge is 0.254 e. The van der Waals surface area contributed by atoms with Crippen molar-refractivity contribution < 1.29 is 9.90 Å². The van der Waals surface area contributed by atoms with Crippen LogP contribution in [0.1, 0.15) is 48.2 Å². The Bertz CT molecular complexity index is 581. The lowest BCUT2D eigenvalue weighted by atomic mass is 9.99. The highest BCUT2D eigenvalue weighted by molar-refractivity contribution is 5.96. The first-order valence-corrected chi connectivity index (χ1v) is 7.56. The Morgan fingerprint density at radius 2 is 2.24 bits per heavy atom. The fraction of sp³-hybridized carbons (Fsp3) is 0.500. The second-order valence-corrected chi connectivity index (χ2v) is 5.94. The molecule has 1 heterocycles. The second kappa shape index (κ2) is 6.78. The topological polar surface area (TPSA) is 40.5 Å². The fourth-order valence-electron chi connectivity index (χ4n) is 2.96. The van der Waals surface area contributed by atoms with Crippen LogP contribution in [0.25, 0.3) is 0 Å². The minimum Gasteiger partial charge on any atom is -0.384 e. The number of nitrogens with zero attached hydrogens (tertiary/aromatic N) is 1. The predicted molar refractivity (Wildman–Crippen MR) is 84.0 cm³/mol. The minimum absolute atomic E-state index is 0.108. The van der Waals surface area contributed by atoms with Crippen LogP contribution in [0, 0.1) is 24.7 Å². The number of hydrogen-bond donors (Lipinski definition) is 1. The summed E-state index contributed by atoms with van der Waals surface area (Å²) in [5.41, 5.74) is 2.48. The van der Waals surface area contributed by atoms with Crippen LogP contribution < -0.4 is 0 Å². The van der Waals surface area contributed by atoms with E-state index in [1.165, 1.54) is 0 Å². The van der Waals surface area contributed by atoms with Crippen molar-refractivity contribution in [1.82, 2.24) is 4.90 Å². The normalized spacial score (nSPS) is 17.8. The lowest BCUT2D eigenvalue weighted by Gasteiger charge is -2.28. The summed E-state index contributed by atoms with van der Waals surface area (Å²) in [7, 11) is 0. The molecule has 3 nitrogen and oxygen atoms in total. The zero-order valence-corrected chi connectivity index (χ0v) is 13.0. The molecule has 0 aromatic heterocycles. The molecule has 0 saturated carbocycles. The number of hydrogen-bond acceptors (Lipinski definition) is 2. The highest BCUT2D eigenvalue weighted by Gasteiger charge is 2.31. The number of aliphatic hydroxyl groups is 1. The van der Waals surface area contributed by atoms with Crippen molar-refractivity contribution in [2.24, 2.45) is 5.92 Å². The Kier molecular flexibility index (Phi) is 5.03. The molecule has 21 heavy (non-hydrogen) atoms. The van der Waals surface area contributed by atoms with Crippen LogP contribution in [0.3, 0.4) is 0 Å². The molecular formula is C18H23NO2. The van der Waals surface area contributed by atoms with Gasteiger partial charge in [-0.2, -0.15) is 0 Å². The third kappa shape index (κ3) is 3.46. The van der Waals surface area contributed by atoms with Crippen LogP contribution >= 0.6 is 0 Å². The quantitative estimate of drug-likeness (QED) is 0.849. The second-order valence-electron chi connectivity index (χ2n) is 5.94. The highest BCUT2D eigenvalue weighted by Crippen LogP contribution is 2.26. The van der Waals surface area contributed by atoms with Gasteiger partial charge in [-0.25, -0.2) is 0 Å². The fourth-order valence-corrected chi connectivity index (χ4v) is 2.96. The van der Waals surface area contributed by atoms with E-state index in [9.17, 15) is 4.79 Å². The van der Waals surface area contributed by atoms with Crippen LogP contribution in [0.5, 0.6) is 0 Å². The molecule has 1 amide bonds. The van der Waals surface area contributed by atoms with E-state index in [0.717, 1.165) is 36.1 Å². The van der Waals surface area contributed by atoms with Gasteiger partial charge in [0.25, 0.3) is 5.91 Å². The molecule has 0 aliphatic carbocycles. The van der Waals surface area contributed by atoms with Gasteiger partial charge in [0.2, 0.25) is 0 Å². The molecule has 1 fully saturated rings. The zero-order chi connectivity index (χ0) is 15.4. The Hall–Kier alpha value is -1.79. The lowest BCUT2D eigenvalue weighted by Crippen LogP contribution is -2.38. The van der Waals surface area contributed by atoms with Crippen molar-refractivity contribution in [3.63, 3.8) is 0 Å². The standard InChI is InChI=1S/C18H23NO2/c1-13(2)17-7-4-10-19(17)18(21)16-12-15(6-5-11-20)9-8-14(16)3/h8-9,12-13,17,20H,4,7,10-11H2,1-3H3. The van der Waals surface area contributed by atoms with Crippen molar-refractivity contribution in [3.8, 4) is 11.8 Å². The van der Waals surface area contributed by atoms with Crippen LogP contribution in [-0.4, -0.2) is 35.1 Å². The third-order valence-electron chi connectivity index (χ3n) is 4.11. The van der Waals surface area contributed by atoms with E-state index < -0.39 is 0 Å². The largest absolute Gasteiger partial charge is 0.384 e. The molecule has 0 bridgehead atoms. The molecule has 1 unspecified atom stereocenters. The van der Waals surface area contributed by atoms with E-state index in [2.05, 4.69) is 25.7 Å². The molecule has 0 radical (unpaired) electrons. The number of likely N-dealkylation sites (tertiary alicyclic amines) is 1. The van der Waals surface area contributed by atoms with Gasteiger partial charge in [0, 0.05) is 23.7 Å². The monoisotopic (exact) mass is 285 g/mol. The van der Waals surface area contributed by atoms with Gasteiger partial charge < -0.3 is 10.0 Å². The molecule has 1 aliphatic heterocycles. The van der Waals surface area contributed by atoms with Gasteiger partial charge in [-0.3, -0.25) is 4.79 Å². The van der Waals surface area contributed by atoms with Crippen LogP contribution in [0.15, 0.2) is 18.2 Å². The first-order chi connectivity index (χ1) is 10.0. The number of rotatable bonds is 2. The van der Waals surface area contributed by atoms with Crippen molar-refractivity contribution >= 4 is 5.91 Å². The highest BCUT2D eigenvalue weighted by atomic mass is 16.2. The van der Waals surface area contributed by atoms with E-state index in [0.29, 0.717) is 12.0 Å². The van der Waals surface area contributed by atoms with E-state index >= 15 is 0 Å². The maximum absolute atomic E-state index is 12.8. The average Bonchev–Trinajstić information content (AvgIpc) is 2.95. The van der Waals surface area contributed by atoms with Gasteiger partial charge in [-0.05, 0) is 43.4 Å². The molecule has 112 valence electrons. The van der Waals surface area contributed by atoms with Crippen LogP contribution in [0.4, 0.5) is 0 Å². The lowest BCUT2D eigenvalue weighted by molar-refractivity contribution is 0.0701. The molecular weight excluding hydrogens is 262 g/mol. The zero-order valence-electron chi connectivity index (χ0n) is 13.0. The summed E-state index contributed by atoms with van der Waals surface area (Å²) >= 11 is 0. The Labute approximate surface area is 127 Å².